The molecule has 0 aliphatic heterocycles. The van der Waals surface area contributed by atoms with Crippen LogP contribution < -0.4 is 0 Å². The van der Waals surface area contributed by atoms with Crippen LogP contribution in [0.2, 0.25) is 0 Å². The van der Waals surface area contributed by atoms with E-state index < -0.39 is 34.0 Å². The number of hydrogen-bond acceptors (Lipinski definition) is 6. The Kier molecular flexibility index (Phi) is 7.02. The van der Waals surface area contributed by atoms with Crippen molar-refractivity contribution in [2.45, 2.75) is 118 Å². The van der Waals surface area contributed by atoms with Gasteiger partial charge in [-0.1, -0.05) is 32.4 Å². The third-order valence-corrected chi connectivity index (χ3v) is 13.9. The molecule has 0 heterocycles. The minimum atomic E-state index is -4.69. The Morgan fingerprint density at radius 3 is 2.23 bits per heavy atom. The lowest BCUT2D eigenvalue weighted by Crippen LogP contribution is -2.60. The molecule has 0 aromatic rings. The van der Waals surface area contributed by atoms with Gasteiger partial charge in [-0.15, -0.1) is 0 Å². The van der Waals surface area contributed by atoms with E-state index in [1.54, 1.807) is 0 Å². The Morgan fingerprint density at radius 2 is 1.62 bits per heavy atom. The smallest absolute Gasteiger partial charge is 0.397 e. The highest BCUT2D eigenvalue weighted by molar-refractivity contribution is 7.80. The number of aliphatic hydroxyl groups is 1. The standard InChI is InChI=1S/C31H50O7S/c1-19(2)16-21(32)17-20(3)22-10-12-28(5)23-8-9-24-29(6,26(33)37-7)25(38-39(34,35)36)11-13-30(24)18-31(23,30)15-14-27(22,28)4/h16,20-25,32H,8-15,17-18H2,1-7H3,(H,34,35,36). The Bertz CT molecular complexity index is 1150. The maximum Gasteiger partial charge on any atom is 0.397 e. The van der Waals surface area contributed by atoms with Crippen LogP contribution in [0.4, 0.5) is 0 Å². The van der Waals surface area contributed by atoms with Gasteiger partial charge in [-0.2, -0.15) is 8.42 Å². The van der Waals surface area contributed by atoms with E-state index in [0.717, 1.165) is 50.5 Å². The highest BCUT2D eigenvalue weighted by atomic mass is 32.3. The summed E-state index contributed by atoms with van der Waals surface area (Å²) in [6.45, 7) is 13.3. The first-order valence-corrected chi connectivity index (χ1v) is 16.4. The second-order valence-corrected chi connectivity index (χ2v) is 16.0. The van der Waals surface area contributed by atoms with E-state index in [-0.39, 0.29) is 27.6 Å². The molecule has 5 saturated carbocycles. The summed E-state index contributed by atoms with van der Waals surface area (Å²) < 4.78 is 43.4. The number of ether oxygens (including phenoxy) is 1. The van der Waals surface area contributed by atoms with Crippen LogP contribution in [0, 0.1) is 50.7 Å². The molecular weight excluding hydrogens is 516 g/mol. The van der Waals surface area contributed by atoms with E-state index in [1.807, 2.05) is 26.8 Å². The van der Waals surface area contributed by atoms with Crippen molar-refractivity contribution in [2.24, 2.45) is 50.7 Å². The molecule has 5 rings (SSSR count). The van der Waals surface area contributed by atoms with Gasteiger partial charge in [0.15, 0.2) is 0 Å². The molecule has 5 fully saturated rings. The van der Waals surface area contributed by atoms with Crippen molar-refractivity contribution < 1.29 is 31.8 Å². The molecule has 39 heavy (non-hydrogen) atoms. The molecule has 222 valence electrons. The molecule has 7 nitrogen and oxygen atoms in total. The van der Waals surface area contributed by atoms with Crippen LogP contribution in [0.5, 0.6) is 0 Å². The van der Waals surface area contributed by atoms with Gasteiger partial charge in [0.25, 0.3) is 0 Å². The van der Waals surface area contributed by atoms with Crippen molar-refractivity contribution in [3.05, 3.63) is 11.6 Å². The molecule has 0 saturated heterocycles. The van der Waals surface area contributed by atoms with E-state index in [2.05, 4.69) is 20.8 Å². The summed E-state index contributed by atoms with van der Waals surface area (Å²) in [6.07, 6.45) is 10.4. The van der Waals surface area contributed by atoms with Crippen molar-refractivity contribution >= 4 is 16.4 Å². The van der Waals surface area contributed by atoms with Crippen LogP contribution in [0.3, 0.4) is 0 Å². The maximum absolute atomic E-state index is 13.3. The molecule has 0 aromatic carbocycles. The molecule has 11 atom stereocenters. The number of hydrogen-bond donors (Lipinski definition) is 2. The van der Waals surface area contributed by atoms with Crippen LogP contribution >= 0.6 is 0 Å². The molecule has 2 N–H and O–H groups in total. The number of aliphatic hydroxyl groups excluding tert-OH is 1. The first-order chi connectivity index (χ1) is 18.0. The zero-order valence-electron chi connectivity index (χ0n) is 25.0. The van der Waals surface area contributed by atoms with Gasteiger partial charge in [0, 0.05) is 0 Å². The monoisotopic (exact) mass is 566 g/mol. The van der Waals surface area contributed by atoms with E-state index in [1.165, 1.54) is 20.0 Å². The van der Waals surface area contributed by atoms with Gasteiger partial charge in [-0.3, -0.25) is 9.35 Å². The molecule has 11 unspecified atom stereocenters. The third-order valence-electron chi connectivity index (χ3n) is 13.5. The number of carbonyl (C=O) groups is 1. The summed E-state index contributed by atoms with van der Waals surface area (Å²) in [6, 6.07) is 0. The summed E-state index contributed by atoms with van der Waals surface area (Å²) in [4.78, 5) is 13.3. The average molecular weight is 567 g/mol. The summed E-state index contributed by atoms with van der Waals surface area (Å²) in [5.41, 5.74) is 0.605. The third kappa shape index (κ3) is 4.04. The van der Waals surface area contributed by atoms with Crippen LogP contribution in [0.15, 0.2) is 11.6 Å². The lowest BCUT2D eigenvalue weighted by molar-refractivity contribution is -0.189. The molecule has 5 aliphatic carbocycles. The molecule has 2 spiro atoms. The molecular formula is C31H50O7S. The fraction of sp³-hybridized carbons (Fsp3) is 0.903. The van der Waals surface area contributed by atoms with Crippen LogP contribution in [0.1, 0.15) is 106 Å². The summed E-state index contributed by atoms with van der Waals surface area (Å²) in [7, 11) is -3.34. The molecule has 0 radical (unpaired) electrons. The number of allylic oxidation sites excluding steroid dienone is 1. The first kappa shape index (κ1) is 29.5. The Hall–Kier alpha value is -0.960. The number of carbonyl (C=O) groups excluding carboxylic acids is 1. The summed E-state index contributed by atoms with van der Waals surface area (Å²) >= 11 is 0. The lowest BCUT2D eigenvalue weighted by Gasteiger charge is -2.63. The lowest BCUT2D eigenvalue weighted by atomic mass is 9.41. The first-order valence-electron chi connectivity index (χ1n) is 15.1. The van der Waals surface area contributed by atoms with Gasteiger partial charge >= 0.3 is 16.4 Å². The predicted octanol–water partition coefficient (Wildman–Crippen LogP) is 6.12. The molecule has 0 bridgehead atoms. The van der Waals surface area contributed by atoms with Gasteiger partial charge < -0.3 is 9.84 Å². The highest BCUT2D eigenvalue weighted by Gasteiger charge is 2.83. The second-order valence-electron chi connectivity index (χ2n) is 15.0. The fourth-order valence-corrected chi connectivity index (χ4v) is 12.4. The van der Waals surface area contributed by atoms with Gasteiger partial charge in [-0.25, -0.2) is 4.18 Å². The summed E-state index contributed by atoms with van der Waals surface area (Å²) in [5, 5.41) is 10.7. The normalized spacial score (nSPS) is 48.0. The quantitative estimate of drug-likeness (QED) is 0.217. The maximum atomic E-state index is 13.3. The van der Waals surface area contributed by atoms with Crippen molar-refractivity contribution in [3.63, 3.8) is 0 Å². The van der Waals surface area contributed by atoms with E-state index in [0.29, 0.717) is 24.2 Å². The largest absolute Gasteiger partial charge is 0.469 e. The molecule has 0 amide bonds. The molecule has 8 heteroatoms. The van der Waals surface area contributed by atoms with Gasteiger partial charge in [0.05, 0.1) is 24.7 Å². The van der Waals surface area contributed by atoms with Gasteiger partial charge in [-0.05, 0) is 130 Å². The van der Waals surface area contributed by atoms with Crippen LogP contribution in [-0.4, -0.2) is 43.4 Å². The van der Waals surface area contributed by atoms with Crippen molar-refractivity contribution in [1.82, 2.24) is 0 Å². The minimum Gasteiger partial charge on any atom is -0.469 e. The Balaban J connectivity index is 1.44. The average Bonchev–Trinajstić information content (AvgIpc) is 3.41. The fourth-order valence-electron chi connectivity index (χ4n) is 11.8. The van der Waals surface area contributed by atoms with E-state index in [9.17, 15) is 22.9 Å². The Labute approximate surface area is 235 Å². The van der Waals surface area contributed by atoms with Crippen molar-refractivity contribution in [1.29, 1.82) is 0 Å². The zero-order valence-corrected chi connectivity index (χ0v) is 25.8. The van der Waals surface area contributed by atoms with Gasteiger partial charge in [0.1, 0.15) is 0 Å². The second kappa shape index (κ2) is 9.27. The SMILES string of the molecule is COC(=O)C1(C)C(OS(=O)(=O)O)CCC23CC24CCC2(C)C(C(C)CC(O)C=C(C)C)CCC2(C)C4CCC13. The van der Waals surface area contributed by atoms with Crippen molar-refractivity contribution in [3.8, 4) is 0 Å². The predicted molar refractivity (Wildman–Crippen MR) is 149 cm³/mol. The molecule has 5 aliphatic rings. The van der Waals surface area contributed by atoms with Crippen LogP contribution in [0.25, 0.3) is 0 Å². The van der Waals surface area contributed by atoms with E-state index >= 15 is 0 Å². The highest BCUT2D eigenvalue weighted by Crippen LogP contribution is 2.89. The Morgan fingerprint density at radius 1 is 0.974 bits per heavy atom. The number of esters is 1. The summed E-state index contributed by atoms with van der Waals surface area (Å²) in [5.74, 6) is 1.12. The van der Waals surface area contributed by atoms with Crippen molar-refractivity contribution in [2.75, 3.05) is 7.11 Å². The number of rotatable bonds is 7. The van der Waals surface area contributed by atoms with Crippen LogP contribution in [-0.2, 0) is 24.1 Å². The number of fused-ring (bicyclic) bond motifs is 2. The van der Waals surface area contributed by atoms with E-state index in [4.69, 9.17) is 8.92 Å². The molecule has 0 aromatic heterocycles. The minimum absolute atomic E-state index is 0.00831. The number of methoxy groups -OCH3 is 1. The van der Waals surface area contributed by atoms with Gasteiger partial charge in [0.2, 0.25) is 0 Å². The topological polar surface area (TPSA) is 110 Å². The zero-order chi connectivity index (χ0) is 28.8.